The fraction of sp³-hybridized carbons (Fsp3) is 0.562. The van der Waals surface area contributed by atoms with Crippen LogP contribution >= 0.6 is 0 Å². The smallest absolute Gasteiger partial charge is 0.256 e. The average Bonchev–Trinajstić information content (AvgIpc) is 2.94. The van der Waals surface area contributed by atoms with Crippen molar-refractivity contribution in [1.82, 2.24) is 4.90 Å². The molecule has 2 rings (SSSR count). The molecule has 1 atom stereocenters. The molecule has 1 fully saturated rings. The van der Waals surface area contributed by atoms with Crippen LogP contribution in [0.4, 0.5) is 11.4 Å². The molecule has 1 aromatic carbocycles. The number of hydrogen-bond acceptors (Lipinski definition) is 3. The Labute approximate surface area is 121 Å². The van der Waals surface area contributed by atoms with Crippen LogP contribution in [0.2, 0.25) is 0 Å². The van der Waals surface area contributed by atoms with Gasteiger partial charge in [-0.15, -0.1) is 0 Å². The summed E-state index contributed by atoms with van der Waals surface area (Å²) in [5, 5.41) is 3.44. The molecular formula is C16H25N3O. The minimum absolute atomic E-state index is 0.0981. The maximum absolute atomic E-state index is 12.6. The SMILES string of the molecule is CCC[C@@H](C)Nc1ccc(N)cc1C(=O)N1CCCC1. The Balaban J connectivity index is 2.20. The van der Waals surface area contributed by atoms with Gasteiger partial charge in [0.15, 0.2) is 0 Å². The number of carbonyl (C=O) groups is 1. The van der Waals surface area contributed by atoms with E-state index >= 15 is 0 Å². The first-order chi connectivity index (χ1) is 9.61. The number of carbonyl (C=O) groups excluding carboxylic acids is 1. The Morgan fingerprint density at radius 3 is 2.75 bits per heavy atom. The van der Waals surface area contributed by atoms with Crippen LogP contribution in [0.5, 0.6) is 0 Å². The van der Waals surface area contributed by atoms with Gasteiger partial charge in [-0.25, -0.2) is 0 Å². The van der Waals surface area contributed by atoms with E-state index in [0.29, 0.717) is 17.3 Å². The lowest BCUT2D eigenvalue weighted by Crippen LogP contribution is -2.29. The van der Waals surface area contributed by atoms with E-state index in [2.05, 4.69) is 19.2 Å². The van der Waals surface area contributed by atoms with E-state index in [1.165, 1.54) is 0 Å². The zero-order valence-electron chi connectivity index (χ0n) is 12.5. The molecule has 0 saturated carbocycles. The number of amides is 1. The van der Waals surface area contributed by atoms with E-state index in [-0.39, 0.29) is 5.91 Å². The molecule has 4 heteroatoms. The molecule has 1 saturated heterocycles. The third-order valence-corrected chi connectivity index (χ3v) is 3.79. The number of likely N-dealkylation sites (tertiary alicyclic amines) is 1. The molecule has 0 unspecified atom stereocenters. The van der Waals surface area contributed by atoms with E-state index < -0.39 is 0 Å². The lowest BCUT2D eigenvalue weighted by atomic mass is 10.1. The van der Waals surface area contributed by atoms with Crippen molar-refractivity contribution in [2.75, 3.05) is 24.1 Å². The van der Waals surface area contributed by atoms with Gasteiger partial charge in [0.05, 0.1) is 5.56 Å². The summed E-state index contributed by atoms with van der Waals surface area (Å²) in [5.41, 5.74) is 8.10. The maximum atomic E-state index is 12.6. The first kappa shape index (κ1) is 14.7. The predicted octanol–water partition coefficient (Wildman–Crippen LogP) is 3.11. The van der Waals surface area contributed by atoms with Crippen molar-refractivity contribution in [2.24, 2.45) is 0 Å². The summed E-state index contributed by atoms with van der Waals surface area (Å²) in [6.07, 6.45) is 4.41. The summed E-state index contributed by atoms with van der Waals surface area (Å²) >= 11 is 0. The Bertz CT molecular complexity index is 467. The van der Waals surface area contributed by atoms with Gasteiger partial charge in [-0.2, -0.15) is 0 Å². The molecule has 3 N–H and O–H groups in total. The number of nitrogens with zero attached hydrogens (tertiary/aromatic N) is 1. The van der Waals surface area contributed by atoms with Gasteiger partial charge in [-0.3, -0.25) is 4.79 Å². The van der Waals surface area contributed by atoms with Gasteiger partial charge in [0, 0.05) is 30.5 Å². The molecule has 1 aliphatic heterocycles. The highest BCUT2D eigenvalue weighted by Gasteiger charge is 2.22. The van der Waals surface area contributed by atoms with Gasteiger partial charge >= 0.3 is 0 Å². The maximum Gasteiger partial charge on any atom is 0.256 e. The molecule has 1 amide bonds. The summed E-state index contributed by atoms with van der Waals surface area (Å²) in [6.45, 7) is 6.02. The minimum atomic E-state index is 0.0981. The summed E-state index contributed by atoms with van der Waals surface area (Å²) in [6, 6.07) is 5.92. The Morgan fingerprint density at radius 1 is 1.40 bits per heavy atom. The van der Waals surface area contributed by atoms with Crippen LogP contribution < -0.4 is 11.1 Å². The second-order valence-electron chi connectivity index (χ2n) is 5.64. The fourth-order valence-corrected chi connectivity index (χ4v) is 2.73. The first-order valence-corrected chi connectivity index (χ1v) is 7.57. The molecule has 20 heavy (non-hydrogen) atoms. The first-order valence-electron chi connectivity index (χ1n) is 7.57. The van der Waals surface area contributed by atoms with Crippen molar-refractivity contribution in [3.8, 4) is 0 Å². The molecule has 4 nitrogen and oxygen atoms in total. The zero-order valence-corrected chi connectivity index (χ0v) is 12.5. The number of benzene rings is 1. The van der Waals surface area contributed by atoms with Crippen LogP contribution in [-0.2, 0) is 0 Å². The molecule has 0 radical (unpaired) electrons. The zero-order chi connectivity index (χ0) is 14.5. The third-order valence-electron chi connectivity index (χ3n) is 3.79. The van der Waals surface area contributed by atoms with Crippen molar-refractivity contribution in [2.45, 2.75) is 45.6 Å². The van der Waals surface area contributed by atoms with Crippen molar-refractivity contribution >= 4 is 17.3 Å². The quantitative estimate of drug-likeness (QED) is 0.812. The van der Waals surface area contributed by atoms with Crippen LogP contribution in [-0.4, -0.2) is 29.9 Å². The van der Waals surface area contributed by atoms with Gasteiger partial charge in [-0.05, 0) is 44.4 Å². The fourth-order valence-electron chi connectivity index (χ4n) is 2.73. The molecule has 0 spiro atoms. The topological polar surface area (TPSA) is 58.4 Å². The van der Waals surface area contributed by atoms with Crippen LogP contribution in [0.15, 0.2) is 18.2 Å². The second kappa shape index (κ2) is 6.64. The third kappa shape index (κ3) is 3.44. The van der Waals surface area contributed by atoms with E-state index in [0.717, 1.165) is 44.5 Å². The van der Waals surface area contributed by atoms with E-state index in [1.54, 1.807) is 6.07 Å². The monoisotopic (exact) mass is 275 g/mol. The largest absolute Gasteiger partial charge is 0.399 e. The summed E-state index contributed by atoms with van der Waals surface area (Å²) in [4.78, 5) is 14.5. The lowest BCUT2D eigenvalue weighted by Gasteiger charge is -2.21. The molecular weight excluding hydrogens is 250 g/mol. The number of rotatable bonds is 5. The van der Waals surface area contributed by atoms with Crippen LogP contribution in [0.3, 0.4) is 0 Å². The normalized spacial score (nSPS) is 16.2. The standard InChI is InChI=1S/C16H25N3O/c1-3-6-12(2)18-15-8-7-13(17)11-14(15)16(20)19-9-4-5-10-19/h7-8,11-12,18H,3-6,9-10,17H2,1-2H3/t12-/m1/s1. The Kier molecular flexibility index (Phi) is 4.88. The molecule has 110 valence electrons. The van der Waals surface area contributed by atoms with Gasteiger partial charge < -0.3 is 16.0 Å². The summed E-state index contributed by atoms with van der Waals surface area (Å²) in [7, 11) is 0. The highest BCUT2D eigenvalue weighted by molar-refractivity contribution is 6.00. The van der Waals surface area contributed by atoms with Crippen molar-refractivity contribution in [3.63, 3.8) is 0 Å². The summed E-state index contributed by atoms with van der Waals surface area (Å²) < 4.78 is 0. The number of hydrogen-bond donors (Lipinski definition) is 2. The number of nitrogens with two attached hydrogens (primary N) is 1. The Morgan fingerprint density at radius 2 is 2.10 bits per heavy atom. The average molecular weight is 275 g/mol. The van der Waals surface area contributed by atoms with Crippen LogP contribution in [0, 0.1) is 0 Å². The minimum Gasteiger partial charge on any atom is -0.399 e. The molecule has 1 aliphatic rings. The molecule has 0 bridgehead atoms. The number of anilines is 2. The van der Waals surface area contributed by atoms with Crippen molar-refractivity contribution < 1.29 is 4.79 Å². The Hall–Kier alpha value is -1.71. The lowest BCUT2D eigenvalue weighted by molar-refractivity contribution is 0.0794. The van der Waals surface area contributed by atoms with Crippen molar-refractivity contribution in [1.29, 1.82) is 0 Å². The molecule has 0 aliphatic carbocycles. The number of nitrogens with one attached hydrogen (secondary N) is 1. The van der Waals surface area contributed by atoms with Crippen LogP contribution in [0.1, 0.15) is 49.9 Å². The molecule has 0 aromatic heterocycles. The van der Waals surface area contributed by atoms with E-state index in [4.69, 9.17) is 5.73 Å². The highest BCUT2D eigenvalue weighted by Crippen LogP contribution is 2.24. The molecule has 1 heterocycles. The number of nitrogen functional groups attached to an aromatic ring is 1. The van der Waals surface area contributed by atoms with E-state index in [1.807, 2.05) is 17.0 Å². The molecule has 1 aromatic rings. The van der Waals surface area contributed by atoms with Gasteiger partial charge in [0.25, 0.3) is 5.91 Å². The van der Waals surface area contributed by atoms with Crippen molar-refractivity contribution in [3.05, 3.63) is 23.8 Å². The van der Waals surface area contributed by atoms with Gasteiger partial charge in [0.2, 0.25) is 0 Å². The highest BCUT2D eigenvalue weighted by atomic mass is 16.2. The van der Waals surface area contributed by atoms with Gasteiger partial charge in [-0.1, -0.05) is 13.3 Å². The second-order valence-corrected chi connectivity index (χ2v) is 5.64. The van der Waals surface area contributed by atoms with Crippen LogP contribution in [0.25, 0.3) is 0 Å². The summed E-state index contributed by atoms with van der Waals surface area (Å²) in [5.74, 6) is 0.0981. The van der Waals surface area contributed by atoms with Gasteiger partial charge in [0.1, 0.15) is 0 Å². The predicted molar refractivity (Wildman–Crippen MR) is 84.0 cm³/mol. The van der Waals surface area contributed by atoms with E-state index in [9.17, 15) is 4.79 Å².